The minimum atomic E-state index is -0.664. The van der Waals surface area contributed by atoms with Gasteiger partial charge >= 0.3 is 0 Å². The average Bonchev–Trinajstić information content (AvgIpc) is 2.34. The van der Waals surface area contributed by atoms with Crippen molar-refractivity contribution < 1.29 is 4.79 Å². The molecule has 0 saturated heterocycles. The molecule has 2 radical (unpaired) electrons. The van der Waals surface area contributed by atoms with E-state index in [0.29, 0.717) is 5.46 Å². The van der Waals surface area contributed by atoms with E-state index in [0.717, 1.165) is 5.56 Å². The first-order valence-corrected chi connectivity index (χ1v) is 5.85. The van der Waals surface area contributed by atoms with Crippen LogP contribution >= 0.6 is 0 Å². The number of nitrogens with zero attached hydrogens (tertiary/aromatic N) is 2. The highest BCUT2D eigenvalue weighted by Crippen LogP contribution is 2.36. The van der Waals surface area contributed by atoms with Crippen LogP contribution in [-0.2, 0) is 10.3 Å². The first-order valence-electron chi connectivity index (χ1n) is 5.85. The van der Waals surface area contributed by atoms with Gasteiger partial charge in [0.05, 0.1) is 11.5 Å². The fraction of sp³-hybridized carbons (Fsp3) is 0.385. The van der Waals surface area contributed by atoms with E-state index in [2.05, 4.69) is 4.99 Å². The SMILES string of the molecule is [B]c1cccc([C@@]2(C)N=C(N)N(C)C(=O)[C@@H]2C)c1. The van der Waals surface area contributed by atoms with Gasteiger partial charge in [0.15, 0.2) is 5.96 Å². The molecular weight excluding hydrogens is 225 g/mol. The molecule has 1 aliphatic rings. The lowest BCUT2D eigenvalue weighted by atomic mass is 9.77. The second kappa shape index (κ2) is 4.16. The number of aliphatic imine (C=N–C) groups is 1. The van der Waals surface area contributed by atoms with Gasteiger partial charge in [0.1, 0.15) is 7.85 Å². The maximum absolute atomic E-state index is 12.1. The van der Waals surface area contributed by atoms with Crippen LogP contribution in [0.4, 0.5) is 0 Å². The van der Waals surface area contributed by atoms with E-state index in [1.165, 1.54) is 4.90 Å². The Bertz CT molecular complexity index is 529. The highest BCUT2D eigenvalue weighted by Gasteiger charge is 2.43. The third kappa shape index (κ3) is 1.80. The van der Waals surface area contributed by atoms with Crippen molar-refractivity contribution in [1.82, 2.24) is 4.90 Å². The molecule has 5 heteroatoms. The van der Waals surface area contributed by atoms with Gasteiger partial charge in [-0.15, -0.1) is 0 Å². The number of benzene rings is 1. The zero-order valence-corrected chi connectivity index (χ0v) is 10.8. The van der Waals surface area contributed by atoms with Crippen LogP contribution in [0.1, 0.15) is 19.4 Å². The summed E-state index contributed by atoms with van der Waals surface area (Å²) in [5.41, 5.74) is 6.70. The molecule has 2 rings (SSSR count). The zero-order valence-electron chi connectivity index (χ0n) is 10.8. The smallest absolute Gasteiger partial charge is 0.234 e. The molecule has 0 aliphatic carbocycles. The summed E-state index contributed by atoms with van der Waals surface area (Å²) in [4.78, 5) is 18.0. The van der Waals surface area contributed by atoms with Gasteiger partial charge in [0.25, 0.3) is 0 Å². The van der Waals surface area contributed by atoms with Crippen LogP contribution in [0.25, 0.3) is 0 Å². The van der Waals surface area contributed by atoms with Gasteiger partial charge in [-0.1, -0.05) is 36.7 Å². The van der Waals surface area contributed by atoms with Crippen LogP contribution < -0.4 is 11.2 Å². The number of amides is 1. The molecule has 1 aromatic carbocycles. The molecule has 18 heavy (non-hydrogen) atoms. The largest absolute Gasteiger partial charge is 0.369 e. The molecule has 1 heterocycles. The van der Waals surface area contributed by atoms with Crippen LogP contribution in [0.2, 0.25) is 0 Å². The minimum Gasteiger partial charge on any atom is -0.369 e. The number of hydrogen-bond acceptors (Lipinski definition) is 3. The van der Waals surface area contributed by atoms with Crippen molar-refractivity contribution in [3.8, 4) is 0 Å². The monoisotopic (exact) mass is 241 g/mol. The van der Waals surface area contributed by atoms with Gasteiger partial charge in [-0.25, -0.2) is 4.99 Å². The van der Waals surface area contributed by atoms with Crippen LogP contribution in [0.3, 0.4) is 0 Å². The molecule has 4 nitrogen and oxygen atoms in total. The Balaban J connectivity index is 2.56. The van der Waals surface area contributed by atoms with Crippen molar-refractivity contribution in [3.05, 3.63) is 29.8 Å². The third-order valence-electron chi connectivity index (χ3n) is 3.71. The second-order valence-corrected chi connectivity index (χ2v) is 4.86. The first kappa shape index (κ1) is 12.7. The molecule has 0 spiro atoms. The van der Waals surface area contributed by atoms with Crippen molar-refractivity contribution >= 4 is 25.2 Å². The van der Waals surface area contributed by atoms with Crippen LogP contribution in [0, 0.1) is 5.92 Å². The molecule has 1 aliphatic heterocycles. The van der Waals surface area contributed by atoms with Gasteiger partial charge < -0.3 is 5.73 Å². The van der Waals surface area contributed by atoms with E-state index < -0.39 is 5.54 Å². The van der Waals surface area contributed by atoms with E-state index in [1.54, 1.807) is 13.1 Å². The summed E-state index contributed by atoms with van der Waals surface area (Å²) in [6, 6.07) is 7.42. The lowest BCUT2D eigenvalue weighted by Gasteiger charge is -2.39. The number of nitrogens with two attached hydrogens (primary N) is 1. The topological polar surface area (TPSA) is 58.7 Å². The summed E-state index contributed by atoms with van der Waals surface area (Å²) in [7, 11) is 7.43. The van der Waals surface area contributed by atoms with Gasteiger partial charge in [-0.05, 0) is 12.5 Å². The fourth-order valence-electron chi connectivity index (χ4n) is 2.22. The van der Waals surface area contributed by atoms with Crippen LogP contribution in [0.15, 0.2) is 29.3 Å². The summed E-state index contributed by atoms with van der Waals surface area (Å²) < 4.78 is 0. The highest BCUT2D eigenvalue weighted by atomic mass is 16.2. The molecule has 92 valence electrons. The van der Waals surface area contributed by atoms with Crippen molar-refractivity contribution in [1.29, 1.82) is 0 Å². The molecule has 0 aromatic heterocycles. The predicted molar refractivity (Wildman–Crippen MR) is 72.7 cm³/mol. The Morgan fingerprint density at radius 3 is 2.78 bits per heavy atom. The Morgan fingerprint density at radius 1 is 1.50 bits per heavy atom. The molecule has 1 aromatic rings. The van der Waals surface area contributed by atoms with Crippen molar-refractivity contribution in [2.45, 2.75) is 19.4 Å². The molecule has 0 fully saturated rings. The van der Waals surface area contributed by atoms with Gasteiger partial charge in [-0.2, -0.15) is 0 Å². The molecule has 0 bridgehead atoms. The third-order valence-corrected chi connectivity index (χ3v) is 3.71. The molecular formula is C13H16BN3O. The number of rotatable bonds is 1. The maximum Gasteiger partial charge on any atom is 0.234 e. The summed E-state index contributed by atoms with van der Waals surface area (Å²) in [5, 5.41) is 0. The molecule has 1 amide bonds. The van der Waals surface area contributed by atoms with Crippen molar-refractivity contribution in [2.24, 2.45) is 16.6 Å². The Kier molecular flexibility index (Phi) is 2.93. The first-order chi connectivity index (χ1) is 8.36. The minimum absolute atomic E-state index is 0.0348. The van der Waals surface area contributed by atoms with E-state index >= 15 is 0 Å². The molecule has 0 saturated carbocycles. The average molecular weight is 241 g/mol. The summed E-state index contributed by atoms with van der Waals surface area (Å²) in [6.45, 7) is 3.77. The molecule has 2 N–H and O–H groups in total. The number of carbonyl (C=O) groups is 1. The van der Waals surface area contributed by atoms with Gasteiger partial charge in [0, 0.05) is 7.05 Å². The molecule has 2 atom stereocenters. The van der Waals surface area contributed by atoms with E-state index in [-0.39, 0.29) is 17.8 Å². The second-order valence-electron chi connectivity index (χ2n) is 4.86. The Morgan fingerprint density at radius 2 is 2.17 bits per heavy atom. The standard InChI is InChI=1S/C13H16BN3O/c1-8-11(18)17(3)12(15)16-13(8,2)9-5-4-6-10(14)7-9/h4-8H,1-3H3,(H2,15,16)/t8-,13-/m0/s1. The van der Waals surface area contributed by atoms with Crippen LogP contribution in [-0.4, -0.2) is 31.7 Å². The van der Waals surface area contributed by atoms with Gasteiger partial charge in [-0.3, -0.25) is 9.69 Å². The number of hydrogen-bond donors (Lipinski definition) is 1. The highest BCUT2D eigenvalue weighted by molar-refractivity contribution is 6.32. The normalized spacial score (nSPS) is 28.2. The maximum atomic E-state index is 12.1. The Labute approximate surface area is 108 Å². The van der Waals surface area contributed by atoms with Crippen molar-refractivity contribution in [3.63, 3.8) is 0 Å². The van der Waals surface area contributed by atoms with E-state index in [4.69, 9.17) is 13.6 Å². The van der Waals surface area contributed by atoms with E-state index in [9.17, 15) is 4.79 Å². The molecule has 0 unspecified atom stereocenters. The number of carbonyl (C=O) groups excluding carboxylic acids is 1. The summed E-state index contributed by atoms with van der Waals surface area (Å²) in [5.74, 6) is -0.0768. The van der Waals surface area contributed by atoms with Crippen molar-refractivity contribution in [2.75, 3.05) is 7.05 Å². The zero-order chi connectivity index (χ0) is 13.5. The Hall–Kier alpha value is -1.78. The van der Waals surface area contributed by atoms with Gasteiger partial charge in [0.2, 0.25) is 5.91 Å². The van der Waals surface area contributed by atoms with Crippen LogP contribution in [0.5, 0.6) is 0 Å². The lowest BCUT2D eigenvalue weighted by molar-refractivity contribution is -0.133. The van der Waals surface area contributed by atoms with E-state index in [1.807, 2.05) is 32.0 Å². The summed E-state index contributed by atoms with van der Waals surface area (Å²) in [6.07, 6.45) is 0. The quantitative estimate of drug-likeness (QED) is 0.710. The lowest BCUT2D eigenvalue weighted by Crippen LogP contribution is -2.52. The number of guanidine groups is 1. The summed E-state index contributed by atoms with van der Waals surface area (Å²) >= 11 is 0. The predicted octanol–water partition coefficient (Wildman–Crippen LogP) is 0.118. The fourth-order valence-corrected chi connectivity index (χ4v) is 2.22.